The predicted octanol–water partition coefficient (Wildman–Crippen LogP) is 3.52. The minimum atomic E-state index is -0.0931. The Kier molecular flexibility index (Phi) is 6.38. The lowest BCUT2D eigenvalue weighted by Gasteiger charge is -2.04. The molecule has 0 N–H and O–H groups in total. The predicted molar refractivity (Wildman–Crippen MR) is 70.0 cm³/mol. The molecule has 0 saturated heterocycles. The summed E-state index contributed by atoms with van der Waals surface area (Å²) in [6.07, 6.45) is 4.43. The molecule has 17 heavy (non-hydrogen) atoms. The Labute approximate surface area is 104 Å². The number of hydrogen-bond acceptors (Lipinski definition) is 2. The number of ether oxygens (including phenoxy) is 1. The first-order valence-corrected chi connectivity index (χ1v) is 6.49. The molecule has 0 fully saturated rings. The molecule has 2 heteroatoms. The minimum Gasteiger partial charge on any atom is -0.466 e. The number of aryl methyl sites for hydroxylation is 2. The average molecular weight is 234 g/mol. The number of hydrogen-bond donors (Lipinski definition) is 0. The van der Waals surface area contributed by atoms with Gasteiger partial charge in [-0.25, -0.2) is 0 Å². The lowest BCUT2D eigenvalue weighted by Crippen LogP contribution is -2.06. The van der Waals surface area contributed by atoms with Crippen LogP contribution in [0.3, 0.4) is 0 Å². The zero-order chi connectivity index (χ0) is 12.5. The van der Waals surface area contributed by atoms with E-state index in [2.05, 4.69) is 31.2 Å². The van der Waals surface area contributed by atoms with Crippen molar-refractivity contribution in [1.82, 2.24) is 0 Å². The van der Waals surface area contributed by atoms with Gasteiger partial charge in [0.2, 0.25) is 0 Å². The summed E-state index contributed by atoms with van der Waals surface area (Å²) in [5, 5.41) is 0. The number of benzene rings is 1. The smallest absolute Gasteiger partial charge is 0.306 e. The Morgan fingerprint density at radius 2 is 1.59 bits per heavy atom. The quantitative estimate of drug-likeness (QED) is 0.675. The Balaban J connectivity index is 2.34. The molecule has 0 aromatic heterocycles. The zero-order valence-corrected chi connectivity index (χ0v) is 10.9. The second-order valence-corrected chi connectivity index (χ2v) is 4.29. The fourth-order valence-electron chi connectivity index (χ4n) is 1.70. The fourth-order valence-corrected chi connectivity index (χ4v) is 1.70. The molecule has 0 radical (unpaired) electrons. The highest BCUT2D eigenvalue weighted by Crippen LogP contribution is 2.09. The zero-order valence-electron chi connectivity index (χ0n) is 10.9. The van der Waals surface area contributed by atoms with Crippen molar-refractivity contribution < 1.29 is 9.53 Å². The van der Waals surface area contributed by atoms with E-state index in [9.17, 15) is 4.79 Å². The molecular weight excluding hydrogens is 212 g/mol. The SMILES string of the molecule is CCCOC(=O)CCc1ccc(CCC)cc1. The van der Waals surface area contributed by atoms with Crippen molar-refractivity contribution in [2.45, 2.75) is 46.0 Å². The number of esters is 1. The first-order chi connectivity index (χ1) is 8.26. The van der Waals surface area contributed by atoms with Crippen molar-refractivity contribution in [2.75, 3.05) is 6.61 Å². The first-order valence-electron chi connectivity index (χ1n) is 6.49. The summed E-state index contributed by atoms with van der Waals surface area (Å²) in [6.45, 7) is 4.71. The molecule has 1 aromatic rings. The van der Waals surface area contributed by atoms with Crippen molar-refractivity contribution in [3.8, 4) is 0 Å². The van der Waals surface area contributed by atoms with Gasteiger partial charge < -0.3 is 4.74 Å². The molecule has 0 bridgehead atoms. The maximum atomic E-state index is 11.3. The standard InChI is InChI=1S/C15H22O2/c1-3-5-13-6-8-14(9-7-13)10-11-15(16)17-12-4-2/h6-9H,3-5,10-12H2,1-2H3. The van der Waals surface area contributed by atoms with Crippen LogP contribution in [0.1, 0.15) is 44.2 Å². The van der Waals surface area contributed by atoms with Crippen LogP contribution in [-0.4, -0.2) is 12.6 Å². The van der Waals surface area contributed by atoms with Crippen LogP contribution < -0.4 is 0 Å². The summed E-state index contributed by atoms with van der Waals surface area (Å²) in [4.78, 5) is 11.3. The second kappa shape index (κ2) is 7.88. The topological polar surface area (TPSA) is 26.3 Å². The third-order valence-electron chi connectivity index (χ3n) is 2.65. The lowest BCUT2D eigenvalue weighted by molar-refractivity contribution is -0.143. The molecule has 0 amide bonds. The van der Waals surface area contributed by atoms with E-state index in [1.165, 1.54) is 17.5 Å². The van der Waals surface area contributed by atoms with Crippen LogP contribution in [0.5, 0.6) is 0 Å². The van der Waals surface area contributed by atoms with Crippen molar-refractivity contribution >= 4 is 5.97 Å². The minimum absolute atomic E-state index is 0.0931. The number of carbonyl (C=O) groups is 1. The van der Waals surface area contributed by atoms with Crippen molar-refractivity contribution in [1.29, 1.82) is 0 Å². The Hall–Kier alpha value is -1.31. The van der Waals surface area contributed by atoms with Gasteiger partial charge in [0.1, 0.15) is 0 Å². The van der Waals surface area contributed by atoms with Gasteiger partial charge in [-0.2, -0.15) is 0 Å². The first kappa shape index (κ1) is 13.8. The highest BCUT2D eigenvalue weighted by atomic mass is 16.5. The Morgan fingerprint density at radius 1 is 1.00 bits per heavy atom. The van der Waals surface area contributed by atoms with E-state index in [0.717, 1.165) is 19.3 Å². The molecule has 1 aromatic carbocycles. The molecule has 0 heterocycles. The van der Waals surface area contributed by atoms with Gasteiger partial charge in [0, 0.05) is 6.42 Å². The molecule has 0 saturated carbocycles. The maximum absolute atomic E-state index is 11.3. The van der Waals surface area contributed by atoms with Crippen molar-refractivity contribution in [3.63, 3.8) is 0 Å². The molecule has 0 aliphatic heterocycles. The van der Waals surface area contributed by atoms with Gasteiger partial charge in [-0.05, 0) is 30.4 Å². The normalized spacial score (nSPS) is 10.2. The molecule has 2 nitrogen and oxygen atoms in total. The molecule has 1 rings (SSSR count). The van der Waals surface area contributed by atoms with Crippen molar-refractivity contribution in [2.24, 2.45) is 0 Å². The van der Waals surface area contributed by atoms with Crippen LogP contribution in [-0.2, 0) is 22.4 Å². The molecule has 0 spiro atoms. The van der Waals surface area contributed by atoms with E-state index in [1.807, 2.05) is 6.92 Å². The van der Waals surface area contributed by atoms with Crippen molar-refractivity contribution in [3.05, 3.63) is 35.4 Å². The third-order valence-corrected chi connectivity index (χ3v) is 2.65. The van der Waals surface area contributed by atoms with Gasteiger partial charge >= 0.3 is 5.97 Å². The highest BCUT2D eigenvalue weighted by Gasteiger charge is 2.03. The summed E-state index contributed by atoms with van der Waals surface area (Å²) >= 11 is 0. The molecule has 0 unspecified atom stereocenters. The monoisotopic (exact) mass is 234 g/mol. The summed E-state index contributed by atoms with van der Waals surface area (Å²) in [5.41, 5.74) is 2.57. The van der Waals surface area contributed by atoms with Gasteiger partial charge in [-0.3, -0.25) is 4.79 Å². The van der Waals surface area contributed by atoms with Crippen LogP contribution in [0.2, 0.25) is 0 Å². The molecule has 0 aliphatic rings. The summed E-state index contributed by atoms with van der Waals surface area (Å²) in [7, 11) is 0. The number of rotatable bonds is 7. The van der Waals surface area contributed by atoms with E-state index in [4.69, 9.17) is 4.74 Å². The summed E-state index contributed by atoms with van der Waals surface area (Å²) in [5.74, 6) is -0.0931. The van der Waals surface area contributed by atoms with Crippen LogP contribution in [0.15, 0.2) is 24.3 Å². The van der Waals surface area contributed by atoms with E-state index in [-0.39, 0.29) is 5.97 Å². The lowest BCUT2D eigenvalue weighted by atomic mass is 10.0. The van der Waals surface area contributed by atoms with E-state index in [1.54, 1.807) is 0 Å². The Bertz CT molecular complexity index is 327. The van der Waals surface area contributed by atoms with E-state index < -0.39 is 0 Å². The van der Waals surface area contributed by atoms with Gasteiger partial charge in [-0.1, -0.05) is 44.5 Å². The maximum Gasteiger partial charge on any atom is 0.306 e. The third kappa shape index (κ3) is 5.53. The largest absolute Gasteiger partial charge is 0.466 e. The highest BCUT2D eigenvalue weighted by molar-refractivity contribution is 5.69. The van der Waals surface area contributed by atoms with Gasteiger partial charge in [0.25, 0.3) is 0 Å². The molecule has 0 aliphatic carbocycles. The van der Waals surface area contributed by atoms with Gasteiger partial charge in [0.15, 0.2) is 0 Å². The van der Waals surface area contributed by atoms with Crippen LogP contribution in [0.25, 0.3) is 0 Å². The van der Waals surface area contributed by atoms with Gasteiger partial charge in [0.05, 0.1) is 6.61 Å². The summed E-state index contributed by atoms with van der Waals surface area (Å²) < 4.78 is 5.04. The average Bonchev–Trinajstić information content (AvgIpc) is 2.36. The summed E-state index contributed by atoms with van der Waals surface area (Å²) in [6, 6.07) is 8.52. The second-order valence-electron chi connectivity index (χ2n) is 4.29. The Morgan fingerprint density at radius 3 is 2.12 bits per heavy atom. The molecule has 0 atom stereocenters. The molecule has 94 valence electrons. The molecular formula is C15H22O2. The van der Waals surface area contributed by atoms with Crippen LogP contribution in [0.4, 0.5) is 0 Å². The van der Waals surface area contributed by atoms with Crippen LogP contribution >= 0.6 is 0 Å². The number of carbonyl (C=O) groups excluding carboxylic acids is 1. The van der Waals surface area contributed by atoms with Gasteiger partial charge in [-0.15, -0.1) is 0 Å². The fraction of sp³-hybridized carbons (Fsp3) is 0.533. The van der Waals surface area contributed by atoms with Crippen LogP contribution in [0, 0.1) is 0 Å². The van der Waals surface area contributed by atoms with E-state index >= 15 is 0 Å². The van der Waals surface area contributed by atoms with E-state index in [0.29, 0.717) is 13.0 Å².